The molecule has 0 amide bonds. The van der Waals surface area contributed by atoms with E-state index in [4.69, 9.17) is 0 Å². The van der Waals surface area contributed by atoms with Gasteiger partial charge < -0.3 is 5.32 Å². The topological polar surface area (TPSA) is 15.3 Å². The van der Waals surface area contributed by atoms with E-state index in [1.54, 1.807) is 0 Å². The molecule has 12 heavy (non-hydrogen) atoms. The van der Waals surface area contributed by atoms with E-state index in [9.17, 15) is 0 Å². The Labute approximate surface area is 76.3 Å². The molecule has 1 saturated heterocycles. The van der Waals surface area contributed by atoms with E-state index in [0.29, 0.717) is 12.1 Å². The van der Waals surface area contributed by atoms with Crippen LogP contribution in [0.25, 0.3) is 0 Å². The first-order valence-electron chi connectivity index (χ1n) is 5.15. The summed E-state index contributed by atoms with van der Waals surface area (Å²) < 4.78 is 0. The Morgan fingerprint density at radius 2 is 2.08 bits per heavy atom. The van der Waals surface area contributed by atoms with Gasteiger partial charge in [-0.15, -0.1) is 0 Å². The van der Waals surface area contributed by atoms with E-state index in [1.165, 1.54) is 13.0 Å². The van der Waals surface area contributed by atoms with Gasteiger partial charge in [0.15, 0.2) is 0 Å². The summed E-state index contributed by atoms with van der Waals surface area (Å²) in [5.74, 6) is 0. The van der Waals surface area contributed by atoms with E-state index in [2.05, 4.69) is 37.9 Å². The average molecular weight is 170 g/mol. The van der Waals surface area contributed by atoms with Crippen LogP contribution in [0.1, 0.15) is 34.1 Å². The minimum Gasteiger partial charge on any atom is -0.314 e. The smallest absolute Gasteiger partial charge is 0.0224 e. The molecule has 1 heterocycles. The normalized spacial score (nSPS) is 32.8. The SMILES string of the molecule is CC[C@@H]1CNC[C@H](C)N1C(C)C. The largest absolute Gasteiger partial charge is 0.314 e. The molecule has 0 bridgehead atoms. The molecule has 0 radical (unpaired) electrons. The summed E-state index contributed by atoms with van der Waals surface area (Å²) >= 11 is 0. The molecule has 0 aliphatic carbocycles. The van der Waals surface area contributed by atoms with Gasteiger partial charge in [-0.05, 0) is 27.2 Å². The van der Waals surface area contributed by atoms with Crippen LogP contribution in [0.4, 0.5) is 0 Å². The van der Waals surface area contributed by atoms with Crippen molar-refractivity contribution in [3.8, 4) is 0 Å². The molecule has 0 aromatic heterocycles. The summed E-state index contributed by atoms with van der Waals surface area (Å²) in [4.78, 5) is 2.64. The molecular weight excluding hydrogens is 148 g/mol. The number of hydrogen-bond acceptors (Lipinski definition) is 2. The average Bonchev–Trinajstić information content (AvgIpc) is 2.03. The zero-order valence-corrected chi connectivity index (χ0v) is 8.80. The van der Waals surface area contributed by atoms with Crippen molar-refractivity contribution < 1.29 is 0 Å². The van der Waals surface area contributed by atoms with Crippen molar-refractivity contribution in [3.63, 3.8) is 0 Å². The standard InChI is InChI=1S/C10H22N2/c1-5-10-7-11-6-9(4)12(10)8(2)3/h8-11H,5-7H2,1-4H3/t9-,10+/m0/s1. The van der Waals surface area contributed by atoms with Crippen molar-refractivity contribution in [1.29, 1.82) is 0 Å². The Morgan fingerprint density at radius 1 is 1.42 bits per heavy atom. The number of nitrogens with one attached hydrogen (secondary N) is 1. The maximum Gasteiger partial charge on any atom is 0.0224 e. The predicted octanol–water partition coefficient (Wildman–Crippen LogP) is 1.47. The van der Waals surface area contributed by atoms with Gasteiger partial charge in [-0.25, -0.2) is 0 Å². The van der Waals surface area contributed by atoms with E-state index >= 15 is 0 Å². The van der Waals surface area contributed by atoms with Gasteiger partial charge in [0.05, 0.1) is 0 Å². The van der Waals surface area contributed by atoms with Crippen molar-refractivity contribution in [2.75, 3.05) is 13.1 Å². The minimum absolute atomic E-state index is 0.687. The van der Waals surface area contributed by atoms with E-state index in [-0.39, 0.29) is 0 Å². The third-order valence-electron chi connectivity index (χ3n) is 2.82. The highest BCUT2D eigenvalue weighted by Crippen LogP contribution is 2.15. The molecule has 1 fully saturated rings. The molecular formula is C10H22N2. The Balaban J connectivity index is 2.59. The molecule has 0 aromatic rings. The van der Waals surface area contributed by atoms with Gasteiger partial charge in [0, 0.05) is 31.2 Å². The van der Waals surface area contributed by atoms with Gasteiger partial charge >= 0.3 is 0 Å². The fraction of sp³-hybridized carbons (Fsp3) is 1.00. The maximum absolute atomic E-state index is 3.48. The third-order valence-corrected chi connectivity index (χ3v) is 2.82. The highest BCUT2D eigenvalue weighted by atomic mass is 15.3. The molecule has 2 heteroatoms. The summed E-state index contributed by atoms with van der Waals surface area (Å²) in [5.41, 5.74) is 0. The Morgan fingerprint density at radius 3 is 2.50 bits per heavy atom. The highest BCUT2D eigenvalue weighted by molar-refractivity contribution is 4.86. The first-order valence-corrected chi connectivity index (χ1v) is 5.15. The molecule has 1 N–H and O–H groups in total. The lowest BCUT2D eigenvalue weighted by molar-refractivity contribution is 0.0707. The van der Waals surface area contributed by atoms with Gasteiger partial charge in [-0.3, -0.25) is 4.90 Å². The molecule has 72 valence electrons. The summed E-state index contributed by atoms with van der Waals surface area (Å²) in [6, 6.07) is 2.13. The second-order valence-electron chi connectivity index (χ2n) is 4.11. The fourth-order valence-electron chi connectivity index (χ4n) is 2.32. The molecule has 0 spiro atoms. The molecule has 2 atom stereocenters. The zero-order chi connectivity index (χ0) is 9.14. The Bertz CT molecular complexity index is 134. The van der Waals surface area contributed by atoms with Crippen LogP contribution in [0.15, 0.2) is 0 Å². The quantitative estimate of drug-likeness (QED) is 0.675. The van der Waals surface area contributed by atoms with Crippen LogP contribution in [-0.4, -0.2) is 36.1 Å². The molecule has 1 rings (SSSR count). The van der Waals surface area contributed by atoms with Crippen molar-refractivity contribution in [2.45, 2.75) is 52.2 Å². The van der Waals surface area contributed by atoms with Crippen molar-refractivity contribution in [1.82, 2.24) is 10.2 Å². The summed E-state index contributed by atoms with van der Waals surface area (Å²) in [7, 11) is 0. The summed E-state index contributed by atoms with van der Waals surface area (Å²) in [6.45, 7) is 11.5. The predicted molar refractivity (Wildman–Crippen MR) is 53.4 cm³/mol. The first kappa shape index (κ1) is 10.0. The second-order valence-corrected chi connectivity index (χ2v) is 4.11. The number of nitrogens with zero attached hydrogens (tertiary/aromatic N) is 1. The van der Waals surface area contributed by atoms with Crippen LogP contribution in [0.5, 0.6) is 0 Å². The number of hydrogen-bond donors (Lipinski definition) is 1. The molecule has 0 aromatic carbocycles. The zero-order valence-electron chi connectivity index (χ0n) is 8.80. The number of piperazine rings is 1. The molecule has 0 saturated carbocycles. The van der Waals surface area contributed by atoms with Gasteiger partial charge in [-0.2, -0.15) is 0 Å². The molecule has 1 aliphatic heterocycles. The van der Waals surface area contributed by atoms with Crippen molar-refractivity contribution in [2.24, 2.45) is 0 Å². The highest BCUT2D eigenvalue weighted by Gasteiger charge is 2.27. The van der Waals surface area contributed by atoms with Crippen LogP contribution in [0, 0.1) is 0 Å². The number of rotatable bonds is 2. The van der Waals surface area contributed by atoms with Crippen LogP contribution < -0.4 is 5.32 Å². The Hall–Kier alpha value is -0.0800. The van der Waals surface area contributed by atoms with E-state index in [1.807, 2.05) is 0 Å². The molecule has 0 unspecified atom stereocenters. The Kier molecular flexibility index (Phi) is 3.53. The van der Waals surface area contributed by atoms with E-state index in [0.717, 1.165) is 12.6 Å². The van der Waals surface area contributed by atoms with Gasteiger partial charge in [-0.1, -0.05) is 6.92 Å². The summed E-state index contributed by atoms with van der Waals surface area (Å²) in [6.07, 6.45) is 1.26. The van der Waals surface area contributed by atoms with Crippen molar-refractivity contribution >= 4 is 0 Å². The lowest BCUT2D eigenvalue weighted by atomic mass is 10.0. The van der Waals surface area contributed by atoms with Crippen LogP contribution in [0.2, 0.25) is 0 Å². The fourth-order valence-corrected chi connectivity index (χ4v) is 2.32. The van der Waals surface area contributed by atoms with Crippen LogP contribution in [0.3, 0.4) is 0 Å². The van der Waals surface area contributed by atoms with Crippen molar-refractivity contribution in [3.05, 3.63) is 0 Å². The van der Waals surface area contributed by atoms with Crippen LogP contribution in [-0.2, 0) is 0 Å². The van der Waals surface area contributed by atoms with Gasteiger partial charge in [0.1, 0.15) is 0 Å². The van der Waals surface area contributed by atoms with E-state index < -0.39 is 0 Å². The first-order chi connectivity index (χ1) is 5.66. The van der Waals surface area contributed by atoms with Gasteiger partial charge in [0.2, 0.25) is 0 Å². The monoisotopic (exact) mass is 170 g/mol. The molecule has 2 nitrogen and oxygen atoms in total. The van der Waals surface area contributed by atoms with Crippen LogP contribution >= 0.6 is 0 Å². The third kappa shape index (κ3) is 1.99. The lowest BCUT2D eigenvalue weighted by Crippen LogP contribution is -2.58. The minimum atomic E-state index is 0.687. The maximum atomic E-state index is 3.48. The summed E-state index contributed by atoms with van der Waals surface area (Å²) in [5, 5.41) is 3.48. The molecule has 1 aliphatic rings. The lowest BCUT2D eigenvalue weighted by Gasteiger charge is -2.43. The van der Waals surface area contributed by atoms with Gasteiger partial charge in [0.25, 0.3) is 0 Å². The second kappa shape index (κ2) is 4.24.